The van der Waals surface area contributed by atoms with Crippen LogP contribution in [0.2, 0.25) is 0 Å². The van der Waals surface area contributed by atoms with Gasteiger partial charge < -0.3 is 4.90 Å². The van der Waals surface area contributed by atoms with Gasteiger partial charge in [0.15, 0.2) is 0 Å². The molecule has 0 aliphatic carbocycles. The van der Waals surface area contributed by atoms with Gasteiger partial charge in [-0.2, -0.15) is 11.8 Å². The van der Waals surface area contributed by atoms with E-state index < -0.39 is 0 Å². The molecule has 2 aromatic rings. The molecule has 0 atom stereocenters. The first-order valence-electron chi connectivity index (χ1n) is 7.93. The zero-order valence-corrected chi connectivity index (χ0v) is 13.8. The number of carbonyl (C=O) groups excluding carboxylic acids is 1. The van der Waals surface area contributed by atoms with Gasteiger partial charge in [0.25, 0.3) is 5.91 Å². The molecule has 0 N–H and O–H groups in total. The maximum Gasteiger partial charge on any atom is 0.253 e. The molecule has 1 saturated heterocycles. The Bertz CT molecular complexity index is 665. The van der Waals surface area contributed by atoms with E-state index in [1.165, 1.54) is 11.6 Å². The maximum absolute atomic E-state index is 13.1. The second-order valence-electron chi connectivity index (χ2n) is 5.82. The summed E-state index contributed by atoms with van der Waals surface area (Å²) in [6.07, 6.45) is 2.22. The minimum atomic E-state index is -0.187. The number of thioether (sulfide) groups is 1. The third-order valence-electron chi connectivity index (χ3n) is 4.02. The Balaban J connectivity index is 1.52. The zero-order valence-electron chi connectivity index (χ0n) is 13.0. The molecule has 0 bridgehead atoms. The van der Waals surface area contributed by atoms with E-state index in [1.54, 1.807) is 23.9 Å². The quantitative estimate of drug-likeness (QED) is 0.805. The van der Waals surface area contributed by atoms with Crippen LogP contribution in [0.5, 0.6) is 0 Å². The first kappa shape index (κ1) is 16.1. The molecule has 1 aliphatic rings. The van der Waals surface area contributed by atoms with Gasteiger partial charge in [-0.3, -0.25) is 4.79 Å². The molecule has 2 aromatic carbocycles. The molecule has 0 spiro atoms. The van der Waals surface area contributed by atoms with Crippen LogP contribution in [0.15, 0.2) is 48.5 Å². The zero-order chi connectivity index (χ0) is 16.1. The molecule has 120 valence electrons. The largest absolute Gasteiger partial charge is 0.339 e. The fourth-order valence-corrected chi connectivity index (χ4v) is 3.71. The van der Waals surface area contributed by atoms with Crippen molar-refractivity contribution in [2.75, 3.05) is 13.1 Å². The predicted octanol–water partition coefficient (Wildman–Crippen LogP) is 4.50. The van der Waals surface area contributed by atoms with E-state index in [0.717, 1.165) is 48.6 Å². The number of carbonyl (C=O) groups is 1. The van der Waals surface area contributed by atoms with E-state index in [-0.39, 0.29) is 11.7 Å². The smallest absolute Gasteiger partial charge is 0.253 e. The summed E-state index contributed by atoms with van der Waals surface area (Å²) in [6, 6.07) is 14.6. The number of likely N-dealkylation sites (tertiary alicyclic amines) is 1. The SMILES string of the molecule is O=C(c1ccc(CSCc2cccc(F)c2)cc1)N1CCCC1. The highest BCUT2D eigenvalue weighted by Crippen LogP contribution is 2.20. The lowest BCUT2D eigenvalue weighted by Crippen LogP contribution is -2.27. The van der Waals surface area contributed by atoms with Gasteiger partial charge >= 0.3 is 0 Å². The Morgan fingerprint density at radius 2 is 1.70 bits per heavy atom. The third kappa shape index (κ3) is 4.35. The second-order valence-corrected chi connectivity index (χ2v) is 6.80. The molecule has 0 aromatic heterocycles. The summed E-state index contributed by atoms with van der Waals surface area (Å²) < 4.78 is 13.1. The van der Waals surface area contributed by atoms with E-state index in [0.29, 0.717) is 0 Å². The lowest BCUT2D eigenvalue weighted by atomic mass is 10.1. The Hall–Kier alpha value is -1.81. The van der Waals surface area contributed by atoms with Crippen LogP contribution in [-0.2, 0) is 11.5 Å². The Morgan fingerprint density at radius 1 is 1.00 bits per heavy atom. The van der Waals surface area contributed by atoms with Crippen LogP contribution in [-0.4, -0.2) is 23.9 Å². The summed E-state index contributed by atoms with van der Waals surface area (Å²) in [4.78, 5) is 14.2. The molecule has 0 saturated carbocycles. The molecule has 1 amide bonds. The lowest BCUT2D eigenvalue weighted by Gasteiger charge is -2.15. The van der Waals surface area contributed by atoms with Gasteiger partial charge in [-0.1, -0.05) is 24.3 Å². The van der Waals surface area contributed by atoms with Crippen LogP contribution in [0.4, 0.5) is 4.39 Å². The van der Waals surface area contributed by atoms with Crippen molar-refractivity contribution in [3.05, 3.63) is 71.0 Å². The first-order valence-corrected chi connectivity index (χ1v) is 9.08. The Morgan fingerprint density at radius 3 is 2.39 bits per heavy atom. The minimum Gasteiger partial charge on any atom is -0.339 e. The molecule has 1 heterocycles. The number of hydrogen-bond donors (Lipinski definition) is 0. The summed E-state index contributed by atoms with van der Waals surface area (Å²) in [5.41, 5.74) is 2.95. The minimum absolute atomic E-state index is 0.140. The number of halogens is 1. The second kappa shape index (κ2) is 7.64. The van der Waals surface area contributed by atoms with Crippen molar-refractivity contribution in [1.82, 2.24) is 4.90 Å². The fourth-order valence-electron chi connectivity index (χ4n) is 2.76. The molecule has 4 heteroatoms. The highest BCUT2D eigenvalue weighted by atomic mass is 32.2. The number of benzene rings is 2. The van der Waals surface area contributed by atoms with Crippen molar-refractivity contribution in [2.45, 2.75) is 24.3 Å². The third-order valence-corrected chi connectivity index (χ3v) is 5.10. The fraction of sp³-hybridized carbons (Fsp3) is 0.316. The Kier molecular flexibility index (Phi) is 5.34. The van der Waals surface area contributed by atoms with Crippen LogP contribution in [0.1, 0.15) is 34.3 Å². The molecule has 0 radical (unpaired) electrons. The molecular formula is C19H20FNOS. The molecule has 3 rings (SSSR count). The van der Waals surface area contributed by atoms with Crippen molar-refractivity contribution in [3.8, 4) is 0 Å². The highest BCUT2D eigenvalue weighted by Gasteiger charge is 2.18. The number of amides is 1. The van der Waals surface area contributed by atoms with Gasteiger partial charge in [0, 0.05) is 30.2 Å². The summed E-state index contributed by atoms with van der Waals surface area (Å²) in [5, 5.41) is 0. The van der Waals surface area contributed by atoms with Crippen molar-refractivity contribution >= 4 is 17.7 Å². The normalized spacial score (nSPS) is 14.2. The Labute approximate surface area is 140 Å². The van der Waals surface area contributed by atoms with E-state index in [1.807, 2.05) is 35.2 Å². The maximum atomic E-state index is 13.1. The van der Waals surface area contributed by atoms with Crippen LogP contribution in [0.3, 0.4) is 0 Å². The monoisotopic (exact) mass is 329 g/mol. The molecule has 0 unspecified atom stereocenters. The average Bonchev–Trinajstić information content (AvgIpc) is 3.09. The van der Waals surface area contributed by atoms with E-state index in [4.69, 9.17) is 0 Å². The van der Waals surface area contributed by atoms with Gasteiger partial charge in [0.1, 0.15) is 5.82 Å². The van der Waals surface area contributed by atoms with Gasteiger partial charge in [0.05, 0.1) is 0 Å². The molecule has 2 nitrogen and oxygen atoms in total. The number of nitrogens with zero attached hydrogens (tertiary/aromatic N) is 1. The van der Waals surface area contributed by atoms with Crippen LogP contribution in [0.25, 0.3) is 0 Å². The van der Waals surface area contributed by atoms with Gasteiger partial charge in [0.2, 0.25) is 0 Å². The summed E-state index contributed by atoms with van der Waals surface area (Å²) >= 11 is 1.75. The number of rotatable bonds is 5. The lowest BCUT2D eigenvalue weighted by molar-refractivity contribution is 0.0793. The van der Waals surface area contributed by atoms with E-state index >= 15 is 0 Å². The predicted molar refractivity (Wildman–Crippen MR) is 93.0 cm³/mol. The van der Waals surface area contributed by atoms with E-state index in [9.17, 15) is 9.18 Å². The van der Waals surface area contributed by atoms with Crippen LogP contribution < -0.4 is 0 Å². The molecule has 1 fully saturated rings. The number of hydrogen-bond acceptors (Lipinski definition) is 2. The summed E-state index contributed by atoms with van der Waals surface area (Å²) in [7, 11) is 0. The van der Waals surface area contributed by atoms with E-state index in [2.05, 4.69) is 0 Å². The first-order chi connectivity index (χ1) is 11.2. The van der Waals surface area contributed by atoms with Crippen LogP contribution in [0, 0.1) is 5.82 Å². The van der Waals surface area contributed by atoms with Crippen LogP contribution >= 0.6 is 11.8 Å². The van der Waals surface area contributed by atoms with Gasteiger partial charge in [-0.25, -0.2) is 4.39 Å². The average molecular weight is 329 g/mol. The summed E-state index contributed by atoms with van der Waals surface area (Å²) in [5.74, 6) is 1.59. The van der Waals surface area contributed by atoms with Crippen molar-refractivity contribution in [2.24, 2.45) is 0 Å². The van der Waals surface area contributed by atoms with Gasteiger partial charge in [-0.05, 0) is 48.2 Å². The topological polar surface area (TPSA) is 20.3 Å². The summed E-state index contributed by atoms with van der Waals surface area (Å²) in [6.45, 7) is 1.76. The standard InChI is InChI=1S/C19H20FNOS/c20-18-5-3-4-16(12-18)14-23-13-15-6-8-17(9-7-15)19(22)21-10-1-2-11-21/h3-9,12H,1-2,10-11,13-14H2. The molecule has 1 aliphatic heterocycles. The highest BCUT2D eigenvalue weighted by molar-refractivity contribution is 7.97. The van der Waals surface area contributed by atoms with Crippen molar-refractivity contribution < 1.29 is 9.18 Å². The van der Waals surface area contributed by atoms with Crippen molar-refractivity contribution in [3.63, 3.8) is 0 Å². The van der Waals surface area contributed by atoms with Gasteiger partial charge in [-0.15, -0.1) is 0 Å². The molecular weight excluding hydrogens is 309 g/mol. The molecule has 23 heavy (non-hydrogen) atoms. The van der Waals surface area contributed by atoms with Crippen molar-refractivity contribution in [1.29, 1.82) is 0 Å².